The molecule has 1 aromatic carbocycles. The van der Waals surface area contributed by atoms with Gasteiger partial charge in [-0.05, 0) is 43.5 Å². The second kappa shape index (κ2) is 9.93. The van der Waals surface area contributed by atoms with E-state index in [1.807, 2.05) is 19.1 Å². The quantitative estimate of drug-likeness (QED) is 0.534. The van der Waals surface area contributed by atoms with Crippen LogP contribution >= 0.6 is 0 Å². The van der Waals surface area contributed by atoms with Crippen LogP contribution in [0.4, 0.5) is 10.3 Å². The van der Waals surface area contributed by atoms with Gasteiger partial charge in [0.1, 0.15) is 5.82 Å². The first kappa shape index (κ1) is 23.1. The summed E-state index contributed by atoms with van der Waals surface area (Å²) in [7, 11) is 1.54. The fraction of sp³-hybridized carbons (Fsp3) is 0.360. The number of aliphatic imine (C=N–C) groups is 1. The minimum Gasteiger partial charge on any atom is -0.481 e. The van der Waals surface area contributed by atoms with Gasteiger partial charge in [-0.15, -0.1) is 0 Å². The third-order valence-electron chi connectivity index (χ3n) is 6.10. The summed E-state index contributed by atoms with van der Waals surface area (Å²) in [5.41, 5.74) is 13.1. The highest BCUT2D eigenvalue weighted by Gasteiger charge is 2.29. The standard InChI is InChI=1S/C25H27FN6O3/c1-14-23-20(31-25(27)28-14)13-19(30-24(23)32-35-22-8-3-4-11-34-22)16-10-9-15(26)12-17(16)18-6-5-7-21(29-18)33-2/h5-7,9-10,12,19,22H,3-4,8,11,13H2,1-2H3,(H,30,32)(H2,27,28,31)/t19-,22?/m1/s1. The first-order valence-corrected chi connectivity index (χ1v) is 11.6. The van der Waals surface area contributed by atoms with Crippen LogP contribution in [0.25, 0.3) is 11.3 Å². The Bertz CT molecular complexity index is 1260. The predicted molar refractivity (Wildman–Crippen MR) is 128 cm³/mol. The molecule has 3 N–H and O–H groups in total. The molecular weight excluding hydrogens is 451 g/mol. The molecule has 0 radical (unpaired) electrons. The highest BCUT2D eigenvalue weighted by atomic mass is 19.1. The SMILES string of the molecule is COc1cccc(-c2cc(F)ccc2[C@H]2Cc3nc(N)nc(C)c3C(NOC3CCCCO3)=N2)n1. The number of fused-ring (bicyclic) bond motifs is 1. The zero-order valence-corrected chi connectivity index (χ0v) is 19.6. The van der Waals surface area contributed by atoms with Crippen LogP contribution in [-0.2, 0) is 16.0 Å². The molecule has 3 aromatic rings. The van der Waals surface area contributed by atoms with Gasteiger partial charge in [-0.3, -0.25) is 4.99 Å². The minimum atomic E-state index is -0.391. The molecule has 2 aliphatic heterocycles. The van der Waals surface area contributed by atoms with Crippen molar-refractivity contribution in [3.05, 3.63) is 64.7 Å². The lowest BCUT2D eigenvalue weighted by molar-refractivity contribution is -0.182. The average Bonchev–Trinajstić information content (AvgIpc) is 2.87. The normalized spacial score (nSPS) is 19.6. The van der Waals surface area contributed by atoms with Crippen molar-refractivity contribution in [3.8, 4) is 17.1 Å². The first-order chi connectivity index (χ1) is 17.0. The largest absolute Gasteiger partial charge is 0.481 e. The number of benzene rings is 1. The van der Waals surface area contributed by atoms with E-state index in [4.69, 9.17) is 25.0 Å². The number of pyridine rings is 1. The Morgan fingerprint density at radius 1 is 1.14 bits per heavy atom. The van der Waals surface area contributed by atoms with E-state index in [9.17, 15) is 4.39 Å². The van der Waals surface area contributed by atoms with E-state index >= 15 is 0 Å². The number of amidine groups is 1. The number of rotatable bonds is 5. The number of nitrogens with one attached hydrogen (secondary N) is 1. The maximum atomic E-state index is 14.4. The van der Waals surface area contributed by atoms with Gasteiger partial charge >= 0.3 is 0 Å². The number of nitrogens with two attached hydrogens (primary N) is 1. The highest BCUT2D eigenvalue weighted by Crippen LogP contribution is 2.36. The maximum absolute atomic E-state index is 14.4. The van der Waals surface area contributed by atoms with Crippen LogP contribution in [-0.4, -0.2) is 40.8 Å². The van der Waals surface area contributed by atoms with E-state index in [0.717, 1.165) is 36.1 Å². The summed E-state index contributed by atoms with van der Waals surface area (Å²) in [4.78, 5) is 24.1. The van der Waals surface area contributed by atoms with Gasteiger partial charge in [0.05, 0.1) is 35.8 Å². The predicted octanol–water partition coefficient (Wildman–Crippen LogP) is 3.67. The summed E-state index contributed by atoms with van der Waals surface area (Å²) < 4.78 is 25.3. The number of ether oxygens (including phenoxy) is 2. The number of hydrogen-bond acceptors (Lipinski definition) is 9. The summed E-state index contributed by atoms with van der Waals surface area (Å²) in [6.45, 7) is 2.51. The van der Waals surface area contributed by atoms with Gasteiger partial charge < -0.3 is 15.2 Å². The molecule has 1 unspecified atom stereocenters. The van der Waals surface area contributed by atoms with Crippen LogP contribution in [0, 0.1) is 12.7 Å². The number of aromatic nitrogens is 3. The third-order valence-corrected chi connectivity index (χ3v) is 6.10. The molecule has 10 heteroatoms. The number of hydroxylamine groups is 1. The Kier molecular flexibility index (Phi) is 6.56. The zero-order valence-electron chi connectivity index (χ0n) is 19.6. The van der Waals surface area contributed by atoms with Crippen LogP contribution in [0.15, 0.2) is 41.4 Å². The highest BCUT2D eigenvalue weighted by molar-refractivity contribution is 6.01. The van der Waals surface area contributed by atoms with Gasteiger partial charge in [0.2, 0.25) is 11.8 Å². The number of halogens is 1. The van der Waals surface area contributed by atoms with Crippen LogP contribution < -0.4 is 16.0 Å². The molecule has 0 spiro atoms. The number of nitrogen functional groups attached to an aromatic ring is 1. The number of anilines is 1. The number of nitrogens with zero attached hydrogens (tertiary/aromatic N) is 4. The number of hydrogen-bond donors (Lipinski definition) is 2. The van der Waals surface area contributed by atoms with Crippen molar-refractivity contribution >= 4 is 11.8 Å². The van der Waals surface area contributed by atoms with Gasteiger partial charge in [-0.2, -0.15) is 0 Å². The summed E-state index contributed by atoms with van der Waals surface area (Å²) in [5.74, 6) is 0.741. The molecule has 0 aliphatic carbocycles. The minimum absolute atomic E-state index is 0.187. The molecule has 9 nitrogen and oxygen atoms in total. The summed E-state index contributed by atoms with van der Waals surface area (Å²) >= 11 is 0. The molecule has 0 saturated carbocycles. The molecule has 0 bridgehead atoms. The molecule has 35 heavy (non-hydrogen) atoms. The van der Waals surface area contributed by atoms with E-state index in [-0.39, 0.29) is 18.1 Å². The monoisotopic (exact) mass is 478 g/mol. The van der Waals surface area contributed by atoms with Crippen molar-refractivity contribution in [1.82, 2.24) is 20.4 Å². The van der Waals surface area contributed by atoms with Gasteiger partial charge in [-0.1, -0.05) is 12.1 Å². The average molecular weight is 479 g/mol. The lowest BCUT2D eigenvalue weighted by atomic mass is 9.91. The van der Waals surface area contributed by atoms with Crippen molar-refractivity contribution < 1.29 is 18.7 Å². The van der Waals surface area contributed by atoms with Crippen molar-refractivity contribution in [2.45, 2.75) is 44.9 Å². The first-order valence-electron chi connectivity index (χ1n) is 11.6. The molecule has 2 aliphatic rings. The fourth-order valence-corrected chi connectivity index (χ4v) is 4.46. The molecule has 4 heterocycles. The van der Waals surface area contributed by atoms with Crippen LogP contribution in [0.5, 0.6) is 5.88 Å². The molecule has 0 amide bonds. The third kappa shape index (κ3) is 4.94. The second-order valence-corrected chi connectivity index (χ2v) is 8.50. The number of aryl methyl sites for hydroxylation is 1. The van der Waals surface area contributed by atoms with Crippen LogP contribution in [0.1, 0.15) is 47.8 Å². The molecule has 182 valence electrons. The Balaban J connectivity index is 1.55. The molecule has 2 atom stereocenters. The lowest BCUT2D eigenvalue weighted by Crippen LogP contribution is -2.37. The topological polar surface area (TPSA) is 117 Å². The van der Waals surface area contributed by atoms with Gasteiger partial charge in [0.25, 0.3) is 0 Å². The smallest absolute Gasteiger partial charge is 0.220 e. The van der Waals surface area contributed by atoms with Crippen LogP contribution in [0.3, 0.4) is 0 Å². The molecular formula is C25H27FN6O3. The molecule has 1 fully saturated rings. The van der Waals surface area contributed by atoms with E-state index in [0.29, 0.717) is 41.7 Å². The lowest BCUT2D eigenvalue weighted by Gasteiger charge is -2.28. The second-order valence-electron chi connectivity index (χ2n) is 8.50. The van der Waals surface area contributed by atoms with E-state index in [1.165, 1.54) is 12.1 Å². The summed E-state index contributed by atoms with van der Waals surface area (Å²) in [6.07, 6.45) is 2.92. The van der Waals surface area contributed by atoms with E-state index < -0.39 is 6.04 Å². The van der Waals surface area contributed by atoms with Crippen molar-refractivity contribution in [2.24, 2.45) is 4.99 Å². The summed E-state index contributed by atoms with van der Waals surface area (Å²) in [6, 6.07) is 9.59. The Hall–Kier alpha value is -3.63. The van der Waals surface area contributed by atoms with Crippen molar-refractivity contribution in [2.75, 3.05) is 19.5 Å². The summed E-state index contributed by atoms with van der Waals surface area (Å²) in [5, 5.41) is 0. The fourth-order valence-electron chi connectivity index (χ4n) is 4.46. The molecule has 2 aromatic heterocycles. The Morgan fingerprint density at radius 3 is 2.83 bits per heavy atom. The van der Waals surface area contributed by atoms with Gasteiger partial charge in [0, 0.05) is 31.1 Å². The number of methoxy groups -OCH3 is 1. The zero-order chi connectivity index (χ0) is 24.4. The van der Waals surface area contributed by atoms with Crippen molar-refractivity contribution in [3.63, 3.8) is 0 Å². The van der Waals surface area contributed by atoms with Crippen molar-refractivity contribution in [1.29, 1.82) is 0 Å². The maximum Gasteiger partial charge on any atom is 0.220 e. The van der Waals surface area contributed by atoms with E-state index in [1.54, 1.807) is 19.2 Å². The van der Waals surface area contributed by atoms with Gasteiger partial charge in [-0.25, -0.2) is 29.7 Å². The van der Waals surface area contributed by atoms with Crippen LogP contribution in [0.2, 0.25) is 0 Å². The van der Waals surface area contributed by atoms with E-state index in [2.05, 4.69) is 20.4 Å². The Morgan fingerprint density at radius 2 is 2.03 bits per heavy atom. The molecule has 5 rings (SSSR count). The van der Waals surface area contributed by atoms with Gasteiger partial charge in [0.15, 0.2) is 12.1 Å². The molecule has 1 saturated heterocycles. The Labute approximate surface area is 202 Å².